The molecule has 10 heteroatoms. The van der Waals surface area contributed by atoms with E-state index < -0.39 is 23.1 Å². The molecule has 2 N–H and O–H groups in total. The van der Waals surface area contributed by atoms with Crippen LogP contribution in [0, 0.1) is 0 Å². The lowest BCUT2D eigenvalue weighted by molar-refractivity contribution is -0.139. The van der Waals surface area contributed by atoms with Gasteiger partial charge >= 0.3 is 11.7 Å². The number of carbonyl (C=O) groups is 1. The van der Waals surface area contributed by atoms with E-state index in [1.54, 1.807) is 25.1 Å². The van der Waals surface area contributed by atoms with E-state index in [-0.39, 0.29) is 29.5 Å². The SMILES string of the molecule is CCOC(=O)C1=C(N)Oc2c(c(=O)n(C)c(=O)n2C)[C@H]1c1ccc(OC)cc1OC. The molecule has 160 valence electrons. The van der Waals surface area contributed by atoms with Crippen LogP contribution in [-0.4, -0.2) is 35.9 Å². The van der Waals surface area contributed by atoms with Gasteiger partial charge in [-0.05, 0) is 13.0 Å². The summed E-state index contributed by atoms with van der Waals surface area (Å²) in [6.45, 7) is 1.75. The molecular weight excluding hydrogens is 394 g/mol. The number of aromatic nitrogens is 2. The van der Waals surface area contributed by atoms with Crippen LogP contribution in [0.4, 0.5) is 0 Å². The molecule has 0 spiro atoms. The molecule has 2 heterocycles. The second-order valence-corrected chi connectivity index (χ2v) is 6.57. The summed E-state index contributed by atoms with van der Waals surface area (Å²) in [4.78, 5) is 38.3. The van der Waals surface area contributed by atoms with Gasteiger partial charge in [-0.3, -0.25) is 13.9 Å². The lowest BCUT2D eigenvalue weighted by Crippen LogP contribution is -2.43. The fourth-order valence-electron chi connectivity index (χ4n) is 3.46. The van der Waals surface area contributed by atoms with E-state index in [0.29, 0.717) is 17.1 Å². The molecule has 3 rings (SSSR count). The van der Waals surface area contributed by atoms with E-state index in [0.717, 1.165) is 9.13 Å². The quantitative estimate of drug-likeness (QED) is 0.692. The third-order valence-electron chi connectivity index (χ3n) is 4.94. The molecule has 1 aliphatic heterocycles. The molecule has 10 nitrogen and oxygen atoms in total. The second-order valence-electron chi connectivity index (χ2n) is 6.57. The van der Waals surface area contributed by atoms with Gasteiger partial charge in [-0.25, -0.2) is 9.59 Å². The summed E-state index contributed by atoms with van der Waals surface area (Å²) in [6.07, 6.45) is 0. The zero-order chi connectivity index (χ0) is 22.2. The molecule has 0 amide bonds. The Kier molecular flexibility index (Phi) is 5.59. The maximum absolute atomic E-state index is 13.1. The minimum atomic E-state index is -0.987. The highest BCUT2D eigenvalue weighted by Crippen LogP contribution is 2.44. The Bertz CT molecular complexity index is 1160. The van der Waals surface area contributed by atoms with Gasteiger partial charge in [0, 0.05) is 25.7 Å². The number of carbonyl (C=O) groups excluding carboxylic acids is 1. The smallest absolute Gasteiger partial charge is 0.340 e. The van der Waals surface area contributed by atoms with Crippen molar-refractivity contribution >= 4 is 5.97 Å². The normalized spacial score (nSPS) is 15.3. The number of rotatable bonds is 5. The molecule has 0 fully saturated rings. The number of benzene rings is 1. The van der Waals surface area contributed by atoms with Gasteiger partial charge in [-0.15, -0.1) is 0 Å². The number of nitrogens with zero attached hydrogens (tertiary/aromatic N) is 2. The largest absolute Gasteiger partial charge is 0.497 e. The standard InChI is InChI=1S/C20H23N3O7/c1-6-29-19(25)14-13(11-8-7-10(27-4)9-12(11)28-5)15-17(24)22(2)20(26)23(3)18(15)30-16(14)21/h7-9,13H,6,21H2,1-5H3/t13-/m0/s1. The van der Waals surface area contributed by atoms with Crippen LogP contribution in [0.1, 0.15) is 24.0 Å². The van der Waals surface area contributed by atoms with Crippen molar-refractivity contribution in [2.24, 2.45) is 19.8 Å². The van der Waals surface area contributed by atoms with Crippen molar-refractivity contribution in [3.8, 4) is 17.4 Å². The van der Waals surface area contributed by atoms with Crippen LogP contribution in [0.2, 0.25) is 0 Å². The third-order valence-corrected chi connectivity index (χ3v) is 4.94. The summed E-state index contributed by atoms with van der Waals surface area (Å²) in [6, 6.07) is 4.95. The Hall–Kier alpha value is -3.69. The van der Waals surface area contributed by atoms with Crippen LogP contribution in [0.5, 0.6) is 17.4 Å². The highest BCUT2D eigenvalue weighted by Gasteiger charge is 2.41. The highest BCUT2D eigenvalue weighted by atomic mass is 16.5. The fourth-order valence-corrected chi connectivity index (χ4v) is 3.46. The van der Waals surface area contributed by atoms with Gasteiger partial charge in [0.05, 0.1) is 32.3 Å². The Morgan fingerprint density at radius 2 is 1.87 bits per heavy atom. The number of methoxy groups -OCH3 is 2. The van der Waals surface area contributed by atoms with Gasteiger partial charge in [-0.1, -0.05) is 6.07 Å². The van der Waals surface area contributed by atoms with Crippen LogP contribution in [-0.2, 0) is 23.6 Å². The zero-order valence-electron chi connectivity index (χ0n) is 17.3. The average Bonchev–Trinajstić information content (AvgIpc) is 2.74. The molecule has 30 heavy (non-hydrogen) atoms. The predicted octanol–water partition coefficient (Wildman–Crippen LogP) is 0.359. The molecule has 1 aromatic carbocycles. The molecule has 1 aliphatic rings. The molecule has 0 saturated carbocycles. The highest BCUT2D eigenvalue weighted by molar-refractivity contribution is 5.92. The van der Waals surface area contributed by atoms with E-state index >= 15 is 0 Å². The molecule has 2 aromatic rings. The molecule has 0 aliphatic carbocycles. The number of nitrogens with two attached hydrogens (primary N) is 1. The van der Waals surface area contributed by atoms with E-state index in [1.807, 2.05) is 0 Å². The maximum atomic E-state index is 13.1. The van der Waals surface area contributed by atoms with E-state index in [4.69, 9.17) is 24.7 Å². The van der Waals surface area contributed by atoms with Crippen molar-refractivity contribution in [2.75, 3.05) is 20.8 Å². The van der Waals surface area contributed by atoms with Crippen molar-refractivity contribution in [3.63, 3.8) is 0 Å². The van der Waals surface area contributed by atoms with Crippen molar-refractivity contribution in [3.05, 3.63) is 61.6 Å². The van der Waals surface area contributed by atoms with E-state index in [2.05, 4.69) is 0 Å². The molecule has 1 atom stereocenters. The Balaban J connectivity index is 2.42. The summed E-state index contributed by atoms with van der Waals surface area (Å²) in [5.74, 6) is -1.15. The summed E-state index contributed by atoms with van der Waals surface area (Å²) in [7, 11) is 5.75. The van der Waals surface area contributed by atoms with Crippen LogP contribution < -0.4 is 31.2 Å². The molecule has 0 radical (unpaired) electrons. The van der Waals surface area contributed by atoms with Crippen LogP contribution in [0.25, 0.3) is 0 Å². The first-order valence-corrected chi connectivity index (χ1v) is 9.13. The first kappa shape index (κ1) is 21.0. The van der Waals surface area contributed by atoms with Crippen molar-refractivity contribution in [2.45, 2.75) is 12.8 Å². The number of fused-ring (bicyclic) bond motifs is 1. The monoisotopic (exact) mass is 417 g/mol. The minimum Gasteiger partial charge on any atom is -0.497 e. The first-order valence-electron chi connectivity index (χ1n) is 9.13. The summed E-state index contributed by atoms with van der Waals surface area (Å²) < 4.78 is 23.6. The van der Waals surface area contributed by atoms with Crippen LogP contribution in [0.15, 0.2) is 39.2 Å². The summed E-state index contributed by atoms with van der Waals surface area (Å²) >= 11 is 0. The average molecular weight is 417 g/mol. The van der Waals surface area contributed by atoms with Gasteiger partial charge < -0.3 is 24.7 Å². The zero-order valence-corrected chi connectivity index (χ0v) is 17.3. The van der Waals surface area contributed by atoms with Crippen LogP contribution in [0.3, 0.4) is 0 Å². The lowest BCUT2D eigenvalue weighted by Gasteiger charge is -2.29. The van der Waals surface area contributed by atoms with Crippen LogP contribution >= 0.6 is 0 Å². The van der Waals surface area contributed by atoms with E-state index in [9.17, 15) is 14.4 Å². The Labute approximate surface area is 172 Å². The lowest BCUT2D eigenvalue weighted by atomic mass is 9.83. The molecular formula is C20H23N3O7. The van der Waals surface area contributed by atoms with Crippen molar-refractivity contribution < 1.29 is 23.7 Å². The first-order chi connectivity index (χ1) is 14.3. The topological polar surface area (TPSA) is 124 Å². The summed E-state index contributed by atoms with van der Waals surface area (Å²) in [5, 5.41) is 0. The number of esters is 1. The fraction of sp³-hybridized carbons (Fsp3) is 0.350. The van der Waals surface area contributed by atoms with Gasteiger partial charge in [0.25, 0.3) is 5.56 Å². The number of hydrogen-bond donors (Lipinski definition) is 1. The summed E-state index contributed by atoms with van der Waals surface area (Å²) in [5.41, 5.74) is 5.34. The number of hydrogen-bond acceptors (Lipinski definition) is 8. The van der Waals surface area contributed by atoms with Gasteiger partial charge in [-0.2, -0.15) is 0 Å². The van der Waals surface area contributed by atoms with E-state index in [1.165, 1.54) is 28.3 Å². The second kappa shape index (κ2) is 7.97. The van der Waals surface area contributed by atoms with Gasteiger partial charge in [0.1, 0.15) is 17.1 Å². The van der Waals surface area contributed by atoms with Gasteiger partial charge in [0.2, 0.25) is 11.8 Å². The van der Waals surface area contributed by atoms with Crippen molar-refractivity contribution in [1.82, 2.24) is 9.13 Å². The Morgan fingerprint density at radius 3 is 2.47 bits per heavy atom. The molecule has 0 saturated heterocycles. The van der Waals surface area contributed by atoms with Crippen molar-refractivity contribution in [1.29, 1.82) is 0 Å². The minimum absolute atomic E-state index is 0.0449. The Morgan fingerprint density at radius 1 is 1.17 bits per heavy atom. The molecule has 0 unspecified atom stereocenters. The molecule has 1 aromatic heterocycles. The third kappa shape index (κ3) is 3.19. The predicted molar refractivity (Wildman–Crippen MR) is 107 cm³/mol. The maximum Gasteiger partial charge on any atom is 0.340 e. The number of ether oxygens (including phenoxy) is 4. The molecule has 0 bridgehead atoms. The van der Waals surface area contributed by atoms with Gasteiger partial charge in [0.15, 0.2) is 0 Å².